The number of benzene rings is 1. The highest BCUT2D eigenvalue weighted by Gasteiger charge is 2.15. The van der Waals surface area contributed by atoms with Gasteiger partial charge in [0.05, 0.1) is 6.10 Å². The minimum Gasteiger partial charge on any atom is -0.376 e. The SMILES string of the molecule is c1cc(NCC2CCCO2)nc(Nc2ccc(N3CCCCC3)cc2)n1. The second-order valence-electron chi connectivity index (χ2n) is 7.00. The average Bonchev–Trinajstić information content (AvgIpc) is 3.22. The van der Waals surface area contributed by atoms with Crippen LogP contribution in [0, 0.1) is 0 Å². The van der Waals surface area contributed by atoms with Gasteiger partial charge in [-0.1, -0.05) is 0 Å². The molecule has 2 N–H and O–H groups in total. The minimum atomic E-state index is 0.295. The molecule has 2 aliphatic heterocycles. The summed E-state index contributed by atoms with van der Waals surface area (Å²) >= 11 is 0. The van der Waals surface area contributed by atoms with Gasteiger partial charge in [-0.3, -0.25) is 0 Å². The van der Waals surface area contributed by atoms with Crippen LogP contribution in [0.25, 0.3) is 0 Å². The van der Waals surface area contributed by atoms with Crippen molar-refractivity contribution in [1.29, 1.82) is 0 Å². The zero-order valence-electron chi connectivity index (χ0n) is 15.2. The molecule has 1 unspecified atom stereocenters. The molecule has 1 aromatic heterocycles. The zero-order chi connectivity index (χ0) is 17.6. The Labute approximate surface area is 155 Å². The first-order valence-electron chi connectivity index (χ1n) is 9.67. The smallest absolute Gasteiger partial charge is 0.229 e. The third kappa shape index (κ3) is 4.43. The summed E-state index contributed by atoms with van der Waals surface area (Å²) in [4.78, 5) is 11.3. The molecule has 0 saturated carbocycles. The van der Waals surface area contributed by atoms with Crippen LogP contribution in [0.15, 0.2) is 36.5 Å². The van der Waals surface area contributed by atoms with Crippen molar-refractivity contribution in [2.45, 2.75) is 38.2 Å². The molecular formula is C20H27N5O. The van der Waals surface area contributed by atoms with Crippen LogP contribution in [0.1, 0.15) is 32.1 Å². The Morgan fingerprint density at radius 3 is 2.65 bits per heavy atom. The maximum atomic E-state index is 5.64. The largest absolute Gasteiger partial charge is 0.376 e. The summed E-state index contributed by atoms with van der Waals surface area (Å²) in [6.45, 7) is 3.99. The van der Waals surface area contributed by atoms with Gasteiger partial charge < -0.3 is 20.3 Å². The molecule has 0 bridgehead atoms. The monoisotopic (exact) mass is 353 g/mol. The Bertz CT molecular complexity index is 694. The highest BCUT2D eigenvalue weighted by atomic mass is 16.5. The number of anilines is 4. The van der Waals surface area contributed by atoms with E-state index in [9.17, 15) is 0 Å². The fraction of sp³-hybridized carbons (Fsp3) is 0.500. The highest BCUT2D eigenvalue weighted by Crippen LogP contribution is 2.23. The normalized spacial score (nSPS) is 20.2. The Balaban J connectivity index is 1.35. The van der Waals surface area contributed by atoms with Gasteiger partial charge in [0.25, 0.3) is 0 Å². The van der Waals surface area contributed by atoms with Crippen LogP contribution in [-0.4, -0.2) is 42.3 Å². The number of nitrogens with one attached hydrogen (secondary N) is 2. The summed E-state index contributed by atoms with van der Waals surface area (Å²) in [5.41, 5.74) is 2.30. The van der Waals surface area contributed by atoms with E-state index in [4.69, 9.17) is 4.74 Å². The predicted octanol–water partition coefficient (Wildman–Crippen LogP) is 3.80. The van der Waals surface area contributed by atoms with Gasteiger partial charge in [-0.2, -0.15) is 4.98 Å². The van der Waals surface area contributed by atoms with Crippen LogP contribution in [0.4, 0.5) is 23.1 Å². The van der Waals surface area contributed by atoms with E-state index >= 15 is 0 Å². The summed E-state index contributed by atoms with van der Waals surface area (Å²) in [6, 6.07) is 10.4. The zero-order valence-corrected chi connectivity index (χ0v) is 15.2. The number of hydrogen-bond donors (Lipinski definition) is 2. The summed E-state index contributed by atoms with van der Waals surface area (Å²) in [6.07, 6.45) is 8.27. The molecule has 2 saturated heterocycles. The van der Waals surface area contributed by atoms with E-state index in [1.807, 2.05) is 6.07 Å². The van der Waals surface area contributed by atoms with Gasteiger partial charge in [0.2, 0.25) is 5.95 Å². The van der Waals surface area contributed by atoms with Crippen LogP contribution < -0.4 is 15.5 Å². The first-order chi connectivity index (χ1) is 12.9. The maximum Gasteiger partial charge on any atom is 0.229 e. The highest BCUT2D eigenvalue weighted by molar-refractivity contribution is 5.60. The van der Waals surface area contributed by atoms with Gasteiger partial charge in [0, 0.05) is 43.8 Å². The molecule has 1 aromatic carbocycles. The summed E-state index contributed by atoms with van der Waals surface area (Å²) in [5.74, 6) is 1.43. The number of hydrogen-bond acceptors (Lipinski definition) is 6. The van der Waals surface area contributed by atoms with Crippen molar-refractivity contribution < 1.29 is 4.74 Å². The molecule has 26 heavy (non-hydrogen) atoms. The van der Waals surface area contributed by atoms with E-state index in [1.54, 1.807) is 6.20 Å². The lowest BCUT2D eigenvalue weighted by atomic mass is 10.1. The molecule has 0 radical (unpaired) electrons. The molecule has 138 valence electrons. The van der Waals surface area contributed by atoms with E-state index in [1.165, 1.54) is 24.9 Å². The first-order valence-corrected chi connectivity index (χ1v) is 9.67. The van der Waals surface area contributed by atoms with E-state index in [-0.39, 0.29) is 0 Å². The number of rotatable bonds is 6. The molecule has 6 heteroatoms. The van der Waals surface area contributed by atoms with Crippen molar-refractivity contribution in [3.8, 4) is 0 Å². The van der Waals surface area contributed by atoms with Gasteiger partial charge in [0.1, 0.15) is 5.82 Å². The number of ether oxygens (including phenoxy) is 1. The minimum absolute atomic E-state index is 0.295. The Morgan fingerprint density at radius 1 is 1.04 bits per heavy atom. The lowest BCUT2D eigenvalue weighted by Gasteiger charge is -2.28. The van der Waals surface area contributed by atoms with E-state index in [2.05, 4.69) is 49.8 Å². The number of nitrogens with zero attached hydrogens (tertiary/aromatic N) is 3. The molecular weight excluding hydrogens is 326 g/mol. The van der Waals surface area contributed by atoms with Gasteiger partial charge in [0.15, 0.2) is 0 Å². The van der Waals surface area contributed by atoms with E-state index in [0.29, 0.717) is 12.1 Å². The molecule has 3 heterocycles. The fourth-order valence-corrected chi connectivity index (χ4v) is 3.58. The molecule has 0 aliphatic carbocycles. The standard InChI is InChI=1S/C20H27N5O/c1-2-12-25(13-3-1)17-8-6-16(7-9-17)23-20-21-11-10-19(24-20)22-15-18-5-4-14-26-18/h6-11,18H,1-5,12-15H2,(H2,21,22,23,24). The lowest BCUT2D eigenvalue weighted by molar-refractivity contribution is 0.120. The third-order valence-corrected chi connectivity index (χ3v) is 5.04. The Hall–Kier alpha value is -2.34. The van der Waals surface area contributed by atoms with Crippen molar-refractivity contribution in [3.05, 3.63) is 36.5 Å². The van der Waals surface area contributed by atoms with Gasteiger partial charge >= 0.3 is 0 Å². The van der Waals surface area contributed by atoms with Gasteiger partial charge in [-0.15, -0.1) is 0 Å². The molecule has 4 rings (SSSR count). The third-order valence-electron chi connectivity index (χ3n) is 5.04. The first kappa shape index (κ1) is 17.1. The number of aromatic nitrogens is 2. The Morgan fingerprint density at radius 2 is 1.88 bits per heavy atom. The van der Waals surface area contributed by atoms with Crippen LogP contribution in [0.2, 0.25) is 0 Å². The van der Waals surface area contributed by atoms with Gasteiger partial charge in [-0.25, -0.2) is 4.98 Å². The summed E-state index contributed by atoms with van der Waals surface area (Å²) < 4.78 is 5.64. The number of piperidine rings is 1. The molecule has 2 fully saturated rings. The second-order valence-corrected chi connectivity index (χ2v) is 7.00. The van der Waals surface area contributed by atoms with Crippen molar-refractivity contribution in [3.63, 3.8) is 0 Å². The van der Waals surface area contributed by atoms with Crippen molar-refractivity contribution in [2.75, 3.05) is 41.8 Å². The quantitative estimate of drug-likeness (QED) is 0.824. The predicted molar refractivity (Wildman–Crippen MR) is 105 cm³/mol. The molecule has 2 aromatic rings. The second kappa shape index (κ2) is 8.36. The van der Waals surface area contributed by atoms with Crippen LogP contribution in [0.5, 0.6) is 0 Å². The molecule has 2 aliphatic rings. The van der Waals surface area contributed by atoms with E-state index < -0.39 is 0 Å². The van der Waals surface area contributed by atoms with Crippen LogP contribution in [-0.2, 0) is 4.74 Å². The summed E-state index contributed by atoms with van der Waals surface area (Å²) in [7, 11) is 0. The fourth-order valence-electron chi connectivity index (χ4n) is 3.58. The maximum absolute atomic E-state index is 5.64. The summed E-state index contributed by atoms with van der Waals surface area (Å²) in [5, 5.41) is 6.63. The molecule has 1 atom stereocenters. The molecule has 6 nitrogen and oxygen atoms in total. The van der Waals surface area contributed by atoms with Crippen molar-refractivity contribution in [2.24, 2.45) is 0 Å². The topological polar surface area (TPSA) is 62.3 Å². The van der Waals surface area contributed by atoms with Crippen LogP contribution >= 0.6 is 0 Å². The van der Waals surface area contributed by atoms with E-state index in [0.717, 1.165) is 50.6 Å². The van der Waals surface area contributed by atoms with Gasteiger partial charge in [-0.05, 0) is 62.4 Å². The van der Waals surface area contributed by atoms with Crippen LogP contribution in [0.3, 0.4) is 0 Å². The van der Waals surface area contributed by atoms with Crippen molar-refractivity contribution in [1.82, 2.24) is 9.97 Å². The Kier molecular flexibility index (Phi) is 5.50. The molecule has 0 amide bonds. The average molecular weight is 353 g/mol. The molecule has 0 spiro atoms. The lowest BCUT2D eigenvalue weighted by Crippen LogP contribution is -2.29. The van der Waals surface area contributed by atoms with Crippen molar-refractivity contribution >= 4 is 23.1 Å².